The molecule has 0 aliphatic carbocycles. The molecule has 0 unspecified atom stereocenters. The molecule has 0 radical (unpaired) electrons. The van der Waals surface area contributed by atoms with Gasteiger partial charge in [0.15, 0.2) is 0 Å². The fourth-order valence-electron chi connectivity index (χ4n) is 0.827. The normalized spacial score (nSPS) is 10.7. The molecule has 0 fully saturated rings. The van der Waals surface area contributed by atoms with Crippen LogP contribution in [0.2, 0.25) is 0 Å². The van der Waals surface area contributed by atoms with Crippen LogP contribution in [0.25, 0.3) is 0 Å². The molecule has 17 heavy (non-hydrogen) atoms. The maximum atomic E-state index is 11.2. The van der Waals surface area contributed by atoms with Crippen LogP contribution in [0.5, 0.6) is 0 Å². The molecule has 100 valence electrons. The molecule has 0 saturated heterocycles. The molecule has 0 spiro atoms. The average Bonchev–Trinajstić information content (AvgIpc) is 2.16. The van der Waals surface area contributed by atoms with Gasteiger partial charge in [-0.3, -0.25) is 4.79 Å². The second kappa shape index (κ2) is 7.85. The first-order valence-electron chi connectivity index (χ1n) is 5.01. The Hall–Kier alpha value is -1.35. The quantitative estimate of drug-likeness (QED) is 0.603. The zero-order valence-electron chi connectivity index (χ0n) is 9.69. The molecule has 0 aromatic heterocycles. The Labute approximate surface area is 99.8 Å². The van der Waals surface area contributed by atoms with E-state index in [0.717, 1.165) is 0 Å². The predicted octanol–water partition coefficient (Wildman–Crippen LogP) is -0.480. The van der Waals surface area contributed by atoms with E-state index in [2.05, 4.69) is 9.47 Å². The van der Waals surface area contributed by atoms with Gasteiger partial charge in [0.1, 0.15) is 0 Å². The Bertz CT molecular complexity index is 353. The summed E-state index contributed by atoms with van der Waals surface area (Å²) < 4.78 is 34.9. The predicted molar refractivity (Wildman–Crippen MR) is 58.3 cm³/mol. The lowest BCUT2D eigenvalue weighted by Gasteiger charge is -2.07. The van der Waals surface area contributed by atoms with Crippen molar-refractivity contribution < 1.29 is 27.5 Å². The van der Waals surface area contributed by atoms with Crippen LogP contribution in [0.4, 0.5) is 4.79 Å². The Morgan fingerprint density at radius 1 is 1.12 bits per heavy atom. The highest BCUT2D eigenvalue weighted by Gasteiger charge is 2.14. The summed E-state index contributed by atoms with van der Waals surface area (Å²) in [6, 6.07) is 0. The molecule has 8 nitrogen and oxygen atoms in total. The summed E-state index contributed by atoms with van der Waals surface area (Å²) in [6.45, 7) is 3.31. The number of amides is 1. The summed E-state index contributed by atoms with van der Waals surface area (Å²) in [4.78, 5) is 21.7. The van der Waals surface area contributed by atoms with Crippen molar-refractivity contribution in [2.24, 2.45) is 0 Å². The minimum Gasteiger partial charge on any atom is -0.466 e. The van der Waals surface area contributed by atoms with Crippen molar-refractivity contribution in [3.63, 3.8) is 0 Å². The summed E-state index contributed by atoms with van der Waals surface area (Å²) in [6.07, 6.45) is -1.19. The van der Waals surface area contributed by atoms with Gasteiger partial charge in [-0.15, -0.1) is 0 Å². The number of hydrogen-bond donors (Lipinski definition) is 2. The van der Waals surface area contributed by atoms with E-state index in [4.69, 9.17) is 0 Å². The Kier molecular flexibility index (Phi) is 7.22. The highest BCUT2D eigenvalue weighted by molar-refractivity contribution is 7.88. The topological polar surface area (TPSA) is 111 Å². The molecule has 2 N–H and O–H groups in total. The molecule has 0 aromatic rings. The minimum atomic E-state index is -4.00. The third-order valence-electron chi connectivity index (χ3n) is 1.42. The number of esters is 1. The fraction of sp³-hybridized carbons (Fsp3) is 0.750. The second-order valence-electron chi connectivity index (χ2n) is 2.78. The van der Waals surface area contributed by atoms with E-state index < -0.39 is 22.3 Å². The fourth-order valence-corrected chi connectivity index (χ4v) is 1.55. The van der Waals surface area contributed by atoms with Crippen LogP contribution in [-0.2, 0) is 24.5 Å². The van der Waals surface area contributed by atoms with Gasteiger partial charge in [0.05, 0.1) is 19.6 Å². The molecular weight excluding hydrogens is 252 g/mol. The van der Waals surface area contributed by atoms with Gasteiger partial charge in [0.25, 0.3) is 0 Å². The van der Waals surface area contributed by atoms with Crippen molar-refractivity contribution in [2.75, 3.05) is 19.8 Å². The molecular formula is C8H16N2O6S. The van der Waals surface area contributed by atoms with E-state index in [-0.39, 0.29) is 26.2 Å². The van der Waals surface area contributed by atoms with Gasteiger partial charge >= 0.3 is 22.3 Å². The van der Waals surface area contributed by atoms with Crippen LogP contribution < -0.4 is 9.44 Å². The summed E-state index contributed by atoms with van der Waals surface area (Å²) >= 11 is 0. The number of rotatable bonds is 7. The van der Waals surface area contributed by atoms with Crippen LogP contribution in [0.1, 0.15) is 20.3 Å². The highest BCUT2D eigenvalue weighted by Crippen LogP contribution is 1.87. The van der Waals surface area contributed by atoms with Crippen molar-refractivity contribution >= 4 is 22.3 Å². The highest BCUT2D eigenvalue weighted by atomic mass is 32.2. The van der Waals surface area contributed by atoms with Gasteiger partial charge < -0.3 is 9.47 Å². The molecule has 0 aliphatic rings. The summed E-state index contributed by atoms with van der Waals surface area (Å²) in [7, 11) is -4.00. The van der Waals surface area contributed by atoms with Gasteiger partial charge in [0.2, 0.25) is 0 Å². The standard InChI is InChI=1S/C8H16N2O6S/c1-3-15-7(11)5-6-9-17(13,14)10-8(12)16-4-2/h9H,3-6H2,1-2H3,(H,10,12). The lowest BCUT2D eigenvalue weighted by atomic mass is 10.4. The Balaban J connectivity index is 3.94. The smallest absolute Gasteiger partial charge is 0.421 e. The van der Waals surface area contributed by atoms with E-state index in [1.807, 2.05) is 4.72 Å². The first-order valence-corrected chi connectivity index (χ1v) is 6.49. The minimum absolute atomic E-state index is 0.0597. The van der Waals surface area contributed by atoms with Crippen LogP contribution in [0.15, 0.2) is 0 Å². The number of nitrogens with one attached hydrogen (secondary N) is 2. The molecule has 9 heteroatoms. The maximum Gasteiger partial charge on any atom is 0.421 e. The first-order chi connectivity index (χ1) is 7.91. The SMILES string of the molecule is CCOC(=O)CCNS(=O)(=O)NC(=O)OCC. The third kappa shape index (κ3) is 8.46. The molecule has 1 amide bonds. The van der Waals surface area contributed by atoms with E-state index in [1.54, 1.807) is 18.6 Å². The lowest BCUT2D eigenvalue weighted by molar-refractivity contribution is -0.142. The summed E-state index contributed by atoms with van der Waals surface area (Å²) in [5.74, 6) is -0.522. The van der Waals surface area contributed by atoms with E-state index in [0.29, 0.717) is 0 Å². The maximum absolute atomic E-state index is 11.2. The van der Waals surface area contributed by atoms with E-state index in [9.17, 15) is 18.0 Å². The van der Waals surface area contributed by atoms with Crippen molar-refractivity contribution in [1.29, 1.82) is 0 Å². The molecule has 0 aliphatic heterocycles. The van der Waals surface area contributed by atoms with Crippen LogP contribution in [0.3, 0.4) is 0 Å². The number of carbonyl (C=O) groups is 2. The van der Waals surface area contributed by atoms with E-state index in [1.165, 1.54) is 0 Å². The Morgan fingerprint density at radius 2 is 1.71 bits per heavy atom. The van der Waals surface area contributed by atoms with Gasteiger partial charge in [0, 0.05) is 6.54 Å². The number of ether oxygens (including phenoxy) is 2. The third-order valence-corrected chi connectivity index (χ3v) is 2.44. The monoisotopic (exact) mass is 268 g/mol. The van der Waals surface area contributed by atoms with Crippen molar-refractivity contribution in [3.05, 3.63) is 0 Å². The van der Waals surface area contributed by atoms with E-state index >= 15 is 0 Å². The molecule has 0 bridgehead atoms. The zero-order valence-corrected chi connectivity index (χ0v) is 10.5. The Morgan fingerprint density at radius 3 is 2.24 bits per heavy atom. The number of carbonyl (C=O) groups excluding carboxylic acids is 2. The van der Waals surface area contributed by atoms with Crippen molar-refractivity contribution in [3.8, 4) is 0 Å². The molecule has 0 aromatic carbocycles. The zero-order chi connectivity index (χ0) is 13.3. The van der Waals surface area contributed by atoms with Crippen molar-refractivity contribution in [2.45, 2.75) is 20.3 Å². The van der Waals surface area contributed by atoms with Crippen LogP contribution >= 0.6 is 0 Å². The first kappa shape index (κ1) is 15.7. The molecule has 0 rings (SSSR count). The molecule has 0 atom stereocenters. The summed E-state index contributed by atoms with van der Waals surface area (Å²) in [5, 5.41) is 0. The average molecular weight is 268 g/mol. The van der Waals surface area contributed by atoms with Crippen LogP contribution in [0, 0.1) is 0 Å². The van der Waals surface area contributed by atoms with Crippen LogP contribution in [-0.4, -0.2) is 40.2 Å². The number of hydrogen-bond acceptors (Lipinski definition) is 6. The largest absolute Gasteiger partial charge is 0.466 e. The lowest BCUT2D eigenvalue weighted by Crippen LogP contribution is -2.41. The summed E-state index contributed by atoms with van der Waals surface area (Å²) in [5.41, 5.74) is 0. The molecule has 0 heterocycles. The van der Waals surface area contributed by atoms with Gasteiger partial charge in [-0.2, -0.15) is 13.1 Å². The van der Waals surface area contributed by atoms with Crippen molar-refractivity contribution in [1.82, 2.24) is 9.44 Å². The van der Waals surface area contributed by atoms with Gasteiger partial charge in [-0.05, 0) is 13.8 Å². The second-order valence-corrected chi connectivity index (χ2v) is 4.28. The van der Waals surface area contributed by atoms with Gasteiger partial charge in [-0.25, -0.2) is 9.52 Å². The molecule has 0 saturated carbocycles. The van der Waals surface area contributed by atoms with Gasteiger partial charge in [-0.1, -0.05) is 0 Å².